The molecule has 0 saturated heterocycles. The Morgan fingerprint density at radius 3 is 2.62 bits per heavy atom. The van der Waals surface area contributed by atoms with E-state index in [0.29, 0.717) is 12.0 Å². The first-order chi connectivity index (χ1) is 10.2. The summed E-state index contributed by atoms with van der Waals surface area (Å²) in [6.45, 7) is 4.86. The van der Waals surface area contributed by atoms with Crippen molar-refractivity contribution >= 4 is 0 Å². The zero-order valence-corrected chi connectivity index (χ0v) is 12.4. The molecule has 2 rings (SSSR count). The van der Waals surface area contributed by atoms with Crippen molar-refractivity contribution < 1.29 is 8.78 Å². The van der Waals surface area contributed by atoms with Gasteiger partial charge in [-0.1, -0.05) is 19.9 Å². The molecule has 21 heavy (non-hydrogen) atoms. The number of nitrogens with one attached hydrogen (secondary N) is 1. The standard InChI is InChI=1S/C17H20F2N2/c1-3-12-11-20-8-7-15(12)17(21-4-2)9-13-5-6-14(18)10-16(13)19/h5-8,10-11,17,21H,3-4,9H2,1-2H3. The zero-order chi connectivity index (χ0) is 15.2. The molecule has 0 aliphatic rings. The van der Waals surface area contributed by atoms with E-state index < -0.39 is 11.6 Å². The molecule has 1 aromatic carbocycles. The molecule has 0 fully saturated rings. The summed E-state index contributed by atoms with van der Waals surface area (Å²) in [6.07, 6.45) is 4.95. The Balaban J connectivity index is 2.30. The van der Waals surface area contributed by atoms with Crippen LogP contribution < -0.4 is 5.32 Å². The van der Waals surface area contributed by atoms with E-state index in [9.17, 15) is 8.78 Å². The topological polar surface area (TPSA) is 24.9 Å². The van der Waals surface area contributed by atoms with Crippen LogP contribution in [0.25, 0.3) is 0 Å². The van der Waals surface area contributed by atoms with Crippen molar-refractivity contribution in [3.05, 3.63) is 65.0 Å². The van der Waals surface area contributed by atoms with Gasteiger partial charge in [0.2, 0.25) is 0 Å². The number of pyridine rings is 1. The summed E-state index contributed by atoms with van der Waals surface area (Å²) < 4.78 is 26.9. The van der Waals surface area contributed by atoms with E-state index in [1.165, 1.54) is 12.1 Å². The largest absolute Gasteiger partial charge is 0.310 e. The Kier molecular flexibility index (Phi) is 5.39. The summed E-state index contributed by atoms with van der Waals surface area (Å²) in [7, 11) is 0. The van der Waals surface area contributed by atoms with Gasteiger partial charge in [-0.05, 0) is 48.2 Å². The van der Waals surface area contributed by atoms with Gasteiger partial charge in [-0.25, -0.2) is 8.78 Å². The van der Waals surface area contributed by atoms with Gasteiger partial charge in [-0.15, -0.1) is 0 Å². The molecular weight excluding hydrogens is 270 g/mol. The normalized spacial score (nSPS) is 12.4. The van der Waals surface area contributed by atoms with Crippen LogP contribution in [0.1, 0.15) is 36.6 Å². The van der Waals surface area contributed by atoms with Crippen molar-refractivity contribution in [3.8, 4) is 0 Å². The Bertz CT molecular complexity index is 599. The highest BCUT2D eigenvalue weighted by Crippen LogP contribution is 2.23. The van der Waals surface area contributed by atoms with Crippen LogP contribution in [0.2, 0.25) is 0 Å². The smallest absolute Gasteiger partial charge is 0.129 e. The van der Waals surface area contributed by atoms with Crippen LogP contribution in [-0.2, 0) is 12.8 Å². The van der Waals surface area contributed by atoms with E-state index in [0.717, 1.165) is 30.2 Å². The van der Waals surface area contributed by atoms with Gasteiger partial charge in [0.25, 0.3) is 0 Å². The Morgan fingerprint density at radius 1 is 1.14 bits per heavy atom. The number of rotatable bonds is 6. The highest BCUT2D eigenvalue weighted by Gasteiger charge is 2.16. The second-order valence-electron chi connectivity index (χ2n) is 4.98. The number of benzene rings is 1. The SMILES string of the molecule is CCNC(Cc1ccc(F)cc1F)c1ccncc1CC. The van der Waals surface area contributed by atoms with Crippen LogP contribution in [-0.4, -0.2) is 11.5 Å². The average molecular weight is 290 g/mol. The van der Waals surface area contributed by atoms with Crippen LogP contribution in [0.5, 0.6) is 0 Å². The molecule has 0 amide bonds. The number of hydrogen-bond donors (Lipinski definition) is 1. The molecule has 0 aliphatic carbocycles. The Morgan fingerprint density at radius 2 is 1.95 bits per heavy atom. The third-order valence-electron chi connectivity index (χ3n) is 3.59. The lowest BCUT2D eigenvalue weighted by Crippen LogP contribution is -2.24. The Labute approximate surface area is 124 Å². The number of nitrogens with zero attached hydrogens (tertiary/aromatic N) is 1. The maximum absolute atomic E-state index is 13.9. The summed E-state index contributed by atoms with van der Waals surface area (Å²) in [5, 5.41) is 3.38. The molecule has 2 aromatic rings. The quantitative estimate of drug-likeness (QED) is 0.875. The lowest BCUT2D eigenvalue weighted by Gasteiger charge is -2.21. The van der Waals surface area contributed by atoms with Crippen molar-refractivity contribution in [2.75, 3.05) is 6.54 Å². The van der Waals surface area contributed by atoms with Gasteiger partial charge in [0.05, 0.1) is 0 Å². The minimum Gasteiger partial charge on any atom is -0.310 e. The van der Waals surface area contributed by atoms with Crippen LogP contribution in [0.4, 0.5) is 8.78 Å². The fraction of sp³-hybridized carbons (Fsp3) is 0.353. The fourth-order valence-corrected chi connectivity index (χ4v) is 2.52. The van der Waals surface area contributed by atoms with Crippen molar-refractivity contribution in [1.29, 1.82) is 0 Å². The van der Waals surface area contributed by atoms with Crippen molar-refractivity contribution in [2.45, 2.75) is 32.7 Å². The summed E-state index contributed by atoms with van der Waals surface area (Å²) in [5.41, 5.74) is 2.78. The van der Waals surface area contributed by atoms with Gasteiger partial charge in [-0.2, -0.15) is 0 Å². The predicted molar refractivity (Wildman–Crippen MR) is 80.1 cm³/mol. The van der Waals surface area contributed by atoms with Gasteiger partial charge < -0.3 is 5.32 Å². The molecule has 1 unspecified atom stereocenters. The van der Waals surface area contributed by atoms with Gasteiger partial charge in [0.1, 0.15) is 11.6 Å². The van der Waals surface area contributed by atoms with Crippen molar-refractivity contribution in [1.82, 2.24) is 10.3 Å². The third-order valence-corrected chi connectivity index (χ3v) is 3.59. The third kappa shape index (κ3) is 3.85. The zero-order valence-electron chi connectivity index (χ0n) is 12.4. The number of aryl methyl sites for hydroxylation is 1. The average Bonchev–Trinajstić information content (AvgIpc) is 2.49. The van der Waals surface area contributed by atoms with E-state index in [4.69, 9.17) is 0 Å². The molecule has 1 heterocycles. The van der Waals surface area contributed by atoms with E-state index in [1.807, 2.05) is 19.2 Å². The van der Waals surface area contributed by atoms with Crippen molar-refractivity contribution in [2.24, 2.45) is 0 Å². The number of likely N-dealkylation sites (N-methyl/N-ethyl adjacent to an activating group) is 1. The number of hydrogen-bond acceptors (Lipinski definition) is 2. The molecule has 112 valence electrons. The summed E-state index contributed by atoms with van der Waals surface area (Å²) in [6, 6.07) is 5.71. The molecule has 1 N–H and O–H groups in total. The highest BCUT2D eigenvalue weighted by molar-refractivity contribution is 5.30. The van der Waals surface area contributed by atoms with Gasteiger partial charge >= 0.3 is 0 Å². The molecule has 2 nitrogen and oxygen atoms in total. The fourth-order valence-electron chi connectivity index (χ4n) is 2.52. The monoisotopic (exact) mass is 290 g/mol. The molecular formula is C17H20F2N2. The molecule has 4 heteroatoms. The highest BCUT2D eigenvalue weighted by atomic mass is 19.1. The maximum atomic E-state index is 13.9. The summed E-state index contributed by atoms with van der Waals surface area (Å²) in [4.78, 5) is 4.14. The van der Waals surface area contributed by atoms with Crippen LogP contribution in [0, 0.1) is 11.6 Å². The lowest BCUT2D eigenvalue weighted by atomic mass is 9.95. The minimum absolute atomic E-state index is 0.00656. The molecule has 0 saturated carbocycles. The molecule has 0 radical (unpaired) electrons. The van der Waals surface area contributed by atoms with Crippen LogP contribution >= 0.6 is 0 Å². The second-order valence-corrected chi connectivity index (χ2v) is 4.98. The summed E-state index contributed by atoms with van der Waals surface area (Å²) >= 11 is 0. The van der Waals surface area contributed by atoms with E-state index >= 15 is 0 Å². The van der Waals surface area contributed by atoms with E-state index in [2.05, 4.69) is 17.2 Å². The number of halogens is 2. The number of aromatic nitrogens is 1. The van der Waals surface area contributed by atoms with Crippen LogP contribution in [0.3, 0.4) is 0 Å². The first kappa shape index (κ1) is 15.6. The first-order valence-corrected chi connectivity index (χ1v) is 7.25. The maximum Gasteiger partial charge on any atom is 0.129 e. The Hall–Kier alpha value is -1.81. The van der Waals surface area contributed by atoms with Gasteiger partial charge in [0, 0.05) is 24.5 Å². The molecule has 1 atom stereocenters. The molecule has 1 aromatic heterocycles. The second kappa shape index (κ2) is 7.27. The predicted octanol–water partition coefficient (Wildman–Crippen LogP) is 3.82. The lowest BCUT2D eigenvalue weighted by molar-refractivity contribution is 0.518. The van der Waals surface area contributed by atoms with E-state index in [-0.39, 0.29) is 6.04 Å². The minimum atomic E-state index is -0.547. The summed E-state index contributed by atoms with van der Waals surface area (Å²) in [5.74, 6) is -1.04. The molecule has 0 spiro atoms. The van der Waals surface area contributed by atoms with Crippen LogP contribution in [0.15, 0.2) is 36.7 Å². The van der Waals surface area contributed by atoms with E-state index in [1.54, 1.807) is 6.20 Å². The van der Waals surface area contributed by atoms with Crippen molar-refractivity contribution in [3.63, 3.8) is 0 Å². The first-order valence-electron chi connectivity index (χ1n) is 7.25. The molecule has 0 bridgehead atoms. The van der Waals surface area contributed by atoms with Gasteiger partial charge in [0.15, 0.2) is 0 Å². The molecule has 0 aliphatic heterocycles. The van der Waals surface area contributed by atoms with Gasteiger partial charge in [-0.3, -0.25) is 4.98 Å².